The van der Waals surface area contributed by atoms with Gasteiger partial charge in [-0.1, -0.05) is 20.8 Å². The highest BCUT2D eigenvalue weighted by molar-refractivity contribution is 5.93. The Kier molecular flexibility index (Phi) is 4.91. The van der Waals surface area contributed by atoms with Crippen molar-refractivity contribution in [1.82, 2.24) is 19.7 Å². The summed E-state index contributed by atoms with van der Waals surface area (Å²) in [4.78, 5) is 24.3. The maximum absolute atomic E-state index is 13.2. The van der Waals surface area contributed by atoms with Crippen molar-refractivity contribution < 1.29 is 9.21 Å². The Balaban J connectivity index is 1.60. The van der Waals surface area contributed by atoms with Gasteiger partial charge in [0.1, 0.15) is 0 Å². The minimum atomic E-state index is -0.105. The van der Waals surface area contributed by atoms with Crippen LogP contribution in [0, 0.1) is 11.8 Å². The van der Waals surface area contributed by atoms with Crippen LogP contribution in [0.3, 0.4) is 0 Å². The molecule has 0 fully saturated rings. The average molecular weight is 381 g/mol. The van der Waals surface area contributed by atoms with E-state index >= 15 is 0 Å². The molecule has 148 valence electrons. The molecule has 1 unspecified atom stereocenters. The summed E-state index contributed by atoms with van der Waals surface area (Å²) in [5.74, 6) is 1.76. The van der Waals surface area contributed by atoms with Crippen LogP contribution in [-0.2, 0) is 13.5 Å². The Labute approximate surface area is 165 Å². The van der Waals surface area contributed by atoms with Gasteiger partial charge < -0.3 is 9.32 Å². The lowest BCUT2D eigenvalue weighted by Crippen LogP contribution is -2.38. The second-order valence-corrected chi connectivity index (χ2v) is 7.81. The van der Waals surface area contributed by atoms with Crippen molar-refractivity contribution in [3.63, 3.8) is 0 Å². The molecule has 2 aliphatic rings. The molecule has 0 saturated carbocycles. The van der Waals surface area contributed by atoms with Crippen molar-refractivity contribution in [2.24, 2.45) is 23.9 Å². The second-order valence-electron chi connectivity index (χ2n) is 7.81. The second kappa shape index (κ2) is 7.37. The third-order valence-electron chi connectivity index (χ3n) is 5.96. The summed E-state index contributed by atoms with van der Waals surface area (Å²) < 4.78 is 7.60. The molecule has 0 N–H and O–H groups in total. The lowest BCUT2D eigenvalue weighted by Gasteiger charge is -2.31. The first-order valence-electron chi connectivity index (χ1n) is 10.00. The van der Waals surface area contributed by atoms with Gasteiger partial charge in [-0.3, -0.25) is 14.5 Å². The fourth-order valence-electron chi connectivity index (χ4n) is 3.98. The average Bonchev–Trinajstić information content (AvgIpc) is 3.29. The molecule has 0 aromatic carbocycles. The minimum Gasteiger partial charge on any atom is -0.430 e. The number of hydrogen-bond acceptors (Lipinski definition) is 5. The quantitative estimate of drug-likeness (QED) is 0.815. The highest BCUT2D eigenvalue weighted by Crippen LogP contribution is 2.34. The van der Waals surface area contributed by atoms with Crippen LogP contribution in [0.25, 0.3) is 11.5 Å². The normalized spacial score (nSPS) is 22.4. The number of oxazole rings is 1. The number of nitrogens with zero attached hydrogens (tertiary/aromatic N) is 5. The van der Waals surface area contributed by atoms with Crippen molar-refractivity contribution in [3.05, 3.63) is 35.1 Å². The molecular formula is C21H27N5O2. The van der Waals surface area contributed by atoms with Gasteiger partial charge >= 0.3 is 0 Å². The van der Waals surface area contributed by atoms with Gasteiger partial charge in [-0.2, -0.15) is 5.10 Å². The van der Waals surface area contributed by atoms with Crippen LogP contribution < -0.4 is 0 Å². The van der Waals surface area contributed by atoms with E-state index in [9.17, 15) is 4.79 Å². The maximum atomic E-state index is 13.2. The zero-order valence-electron chi connectivity index (χ0n) is 17.0. The number of carbonyl (C=O) groups is 1. The topological polar surface area (TPSA) is 76.5 Å². The van der Waals surface area contributed by atoms with E-state index in [1.54, 1.807) is 10.9 Å². The Hall–Kier alpha value is -2.70. The number of amides is 1. The lowest BCUT2D eigenvalue weighted by molar-refractivity contribution is 0.0728. The van der Waals surface area contributed by atoms with E-state index < -0.39 is 0 Å². The number of aryl methyl sites for hydroxylation is 2. The van der Waals surface area contributed by atoms with Crippen molar-refractivity contribution >= 4 is 12.1 Å². The van der Waals surface area contributed by atoms with E-state index in [1.165, 1.54) is 5.57 Å². The van der Waals surface area contributed by atoms with Gasteiger partial charge in [-0.25, -0.2) is 4.98 Å². The van der Waals surface area contributed by atoms with Gasteiger partial charge in [-0.15, -0.1) is 0 Å². The SMILES string of the molecule is CCc1nc(-c2cnn(C)c2)oc1C(=O)N1CCC2=C(C1)N=CCC(C)[C@@H]2C. The third kappa shape index (κ3) is 3.30. The largest absolute Gasteiger partial charge is 0.430 e. The van der Waals surface area contributed by atoms with Gasteiger partial charge in [0.25, 0.3) is 5.91 Å². The fraction of sp³-hybridized carbons (Fsp3) is 0.524. The zero-order valence-corrected chi connectivity index (χ0v) is 17.0. The molecule has 0 radical (unpaired) electrons. The van der Waals surface area contributed by atoms with Gasteiger partial charge in [0, 0.05) is 26.0 Å². The van der Waals surface area contributed by atoms with Gasteiger partial charge in [-0.05, 0) is 36.7 Å². The van der Waals surface area contributed by atoms with Gasteiger partial charge in [0.15, 0.2) is 0 Å². The summed E-state index contributed by atoms with van der Waals surface area (Å²) >= 11 is 0. The molecule has 7 nitrogen and oxygen atoms in total. The molecule has 2 aliphatic heterocycles. The van der Waals surface area contributed by atoms with Crippen LogP contribution in [0.1, 0.15) is 49.9 Å². The maximum Gasteiger partial charge on any atom is 0.291 e. The number of aromatic nitrogens is 3. The molecule has 0 saturated heterocycles. The van der Waals surface area contributed by atoms with Crippen molar-refractivity contribution in [2.45, 2.75) is 40.0 Å². The summed E-state index contributed by atoms with van der Waals surface area (Å²) in [5.41, 5.74) is 3.90. The number of rotatable bonds is 3. The fourth-order valence-corrected chi connectivity index (χ4v) is 3.98. The zero-order chi connectivity index (χ0) is 19.8. The first-order valence-corrected chi connectivity index (χ1v) is 10.00. The Morgan fingerprint density at radius 3 is 2.89 bits per heavy atom. The van der Waals surface area contributed by atoms with E-state index in [0.29, 0.717) is 48.7 Å². The van der Waals surface area contributed by atoms with Crippen molar-refractivity contribution in [1.29, 1.82) is 0 Å². The summed E-state index contributed by atoms with van der Waals surface area (Å²) in [6, 6.07) is 0. The molecular weight excluding hydrogens is 354 g/mol. The van der Waals surface area contributed by atoms with E-state index in [-0.39, 0.29) is 5.91 Å². The standard InChI is InChI=1S/C21H27N5O2/c1-5-17-19(28-20(24-17)15-10-23-25(4)11-15)21(27)26-9-7-16-14(3)13(2)6-8-22-18(16)12-26/h8,10-11,13-14H,5-7,9,12H2,1-4H3/t13?,14-/m0/s1. The van der Waals surface area contributed by atoms with Gasteiger partial charge in [0.2, 0.25) is 11.7 Å². The van der Waals surface area contributed by atoms with Crippen LogP contribution in [-0.4, -0.2) is 44.9 Å². The van der Waals surface area contributed by atoms with Crippen LogP contribution >= 0.6 is 0 Å². The van der Waals surface area contributed by atoms with E-state index in [4.69, 9.17) is 4.42 Å². The predicted octanol–water partition coefficient (Wildman–Crippen LogP) is 3.48. The first-order chi connectivity index (χ1) is 13.5. The molecule has 0 spiro atoms. The highest BCUT2D eigenvalue weighted by atomic mass is 16.4. The van der Waals surface area contributed by atoms with Crippen molar-refractivity contribution in [3.8, 4) is 11.5 Å². The summed E-state index contributed by atoms with van der Waals surface area (Å²) in [6.45, 7) is 7.76. The summed E-state index contributed by atoms with van der Waals surface area (Å²) in [7, 11) is 1.84. The van der Waals surface area contributed by atoms with Crippen LogP contribution in [0.2, 0.25) is 0 Å². The third-order valence-corrected chi connectivity index (χ3v) is 5.96. The van der Waals surface area contributed by atoms with Gasteiger partial charge in [0.05, 0.1) is 29.7 Å². The van der Waals surface area contributed by atoms with Crippen LogP contribution in [0.5, 0.6) is 0 Å². The Morgan fingerprint density at radius 1 is 1.36 bits per heavy atom. The smallest absolute Gasteiger partial charge is 0.291 e. The number of aliphatic imine (C=N–C) groups is 1. The molecule has 0 bridgehead atoms. The summed E-state index contributed by atoms with van der Waals surface area (Å²) in [5, 5.41) is 4.16. The van der Waals surface area contributed by atoms with Crippen LogP contribution in [0.4, 0.5) is 0 Å². The molecule has 2 aromatic heterocycles. The molecule has 2 atom stereocenters. The Bertz CT molecular complexity index is 952. The van der Waals surface area contributed by atoms with E-state index in [1.807, 2.05) is 31.3 Å². The van der Waals surface area contributed by atoms with Crippen molar-refractivity contribution in [2.75, 3.05) is 13.1 Å². The molecule has 4 rings (SSSR count). The highest BCUT2D eigenvalue weighted by Gasteiger charge is 2.32. The Morgan fingerprint density at radius 2 is 2.18 bits per heavy atom. The summed E-state index contributed by atoms with van der Waals surface area (Å²) in [6.07, 6.45) is 8.03. The van der Waals surface area contributed by atoms with Crippen LogP contribution in [0.15, 0.2) is 33.1 Å². The molecule has 2 aromatic rings. The first kappa shape index (κ1) is 18.7. The van der Waals surface area contributed by atoms with E-state index in [0.717, 1.165) is 24.1 Å². The molecule has 28 heavy (non-hydrogen) atoms. The number of carbonyl (C=O) groups excluding carboxylic acids is 1. The van der Waals surface area contributed by atoms with E-state index in [2.05, 4.69) is 28.9 Å². The molecule has 7 heteroatoms. The minimum absolute atomic E-state index is 0.105. The number of hydrogen-bond donors (Lipinski definition) is 0. The predicted molar refractivity (Wildman–Crippen MR) is 107 cm³/mol. The monoisotopic (exact) mass is 381 g/mol. The molecule has 1 amide bonds. The molecule has 0 aliphatic carbocycles. The molecule has 4 heterocycles. The lowest BCUT2D eigenvalue weighted by atomic mass is 9.83.